The van der Waals surface area contributed by atoms with E-state index in [2.05, 4.69) is 45.1 Å². The zero-order valence-electron chi connectivity index (χ0n) is 14.3. The SMILES string of the molecule is CC(C)CN1CC(c2cnc3[nH]cc(-c4cnn(C)c4)c3c2)C=N1. The van der Waals surface area contributed by atoms with Crippen molar-refractivity contribution in [3.8, 4) is 11.1 Å². The minimum atomic E-state index is 0.303. The average Bonchev–Trinajstić information content (AvgIpc) is 3.25. The highest BCUT2D eigenvalue weighted by atomic mass is 15.5. The van der Waals surface area contributed by atoms with Crippen LogP contribution < -0.4 is 0 Å². The van der Waals surface area contributed by atoms with Gasteiger partial charge in [-0.15, -0.1) is 0 Å². The molecule has 3 aromatic heterocycles. The summed E-state index contributed by atoms with van der Waals surface area (Å²) in [5.41, 5.74) is 4.36. The normalized spacial score (nSPS) is 17.5. The first-order valence-corrected chi connectivity index (χ1v) is 8.35. The van der Waals surface area contributed by atoms with E-state index in [0.29, 0.717) is 11.8 Å². The van der Waals surface area contributed by atoms with E-state index in [0.717, 1.165) is 35.2 Å². The molecule has 0 saturated heterocycles. The summed E-state index contributed by atoms with van der Waals surface area (Å²) >= 11 is 0. The third kappa shape index (κ3) is 2.68. The molecule has 1 N–H and O–H groups in total. The van der Waals surface area contributed by atoms with Crippen molar-refractivity contribution in [3.05, 3.63) is 36.4 Å². The molecule has 4 rings (SSSR count). The average molecular weight is 322 g/mol. The van der Waals surface area contributed by atoms with Gasteiger partial charge in [0.1, 0.15) is 5.65 Å². The molecule has 0 bridgehead atoms. The Labute approximate surface area is 141 Å². The van der Waals surface area contributed by atoms with Crippen molar-refractivity contribution in [1.82, 2.24) is 24.8 Å². The molecular weight excluding hydrogens is 300 g/mol. The van der Waals surface area contributed by atoms with Crippen LogP contribution in [0.3, 0.4) is 0 Å². The van der Waals surface area contributed by atoms with Gasteiger partial charge in [0.25, 0.3) is 0 Å². The standard InChI is InChI=1S/C18H22N6/c1-12(2)9-24-11-14(6-22-24)13-4-16-17(8-20-18(16)19-5-13)15-7-21-23(3)10-15/h4-8,10,12,14H,9,11H2,1-3H3,(H,19,20). The van der Waals surface area contributed by atoms with Crippen molar-refractivity contribution in [3.63, 3.8) is 0 Å². The molecule has 1 aliphatic heterocycles. The fourth-order valence-corrected chi connectivity index (χ4v) is 3.25. The second kappa shape index (κ2) is 5.78. The number of nitrogens with one attached hydrogen (secondary N) is 1. The second-order valence-corrected chi connectivity index (χ2v) is 6.91. The quantitative estimate of drug-likeness (QED) is 0.803. The number of aryl methyl sites for hydroxylation is 1. The number of fused-ring (bicyclic) bond motifs is 1. The molecule has 0 fully saturated rings. The highest BCUT2D eigenvalue weighted by molar-refractivity contribution is 5.94. The van der Waals surface area contributed by atoms with E-state index < -0.39 is 0 Å². The van der Waals surface area contributed by atoms with Crippen molar-refractivity contribution in [2.45, 2.75) is 19.8 Å². The minimum absolute atomic E-state index is 0.303. The Morgan fingerprint density at radius 1 is 1.33 bits per heavy atom. The summed E-state index contributed by atoms with van der Waals surface area (Å²) in [5, 5.41) is 12.1. The highest BCUT2D eigenvalue weighted by Gasteiger charge is 2.21. The molecule has 1 atom stereocenters. The lowest BCUT2D eigenvalue weighted by atomic mass is 10.00. The van der Waals surface area contributed by atoms with Crippen LogP contribution in [-0.2, 0) is 7.05 Å². The summed E-state index contributed by atoms with van der Waals surface area (Å²) in [7, 11) is 1.93. The van der Waals surface area contributed by atoms with E-state index >= 15 is 0 Å². The van der Waals surface area contributed by atoms with E-state index in [4.69, 9.17) is 0 Å². The van der Waals surface area contributed by atoms with Gasteiger partial charge in [-0.25, -0.2) is 4.98 Å². The first-order chi connectivity index (χ1) is 11.6. The van der Waals surface area contributed by atoms with Crippen molar-refractivity contribution in [1.29, 1.82) is 0 Å². The molecular formula is C18H22N6. The highest BCUT2D eigenvalue weighted by Crippen LogP contribution is 2.30. The van der Waals surface area contributed by atoms with E-state index in [-0.39, 0.29) is 0 Å². The number of pyridine rings is 1. The van der Waals surface area contributed by atoms with Crippen LogP contribution in [0.5, 0.6) is 0 Å². The van der Waals surface area contributed by atoms with Crippen LogP contribution in [0.1, 0.15) is 25.3 Å². The Hall–Kier alpha value is -2.63. The molecule has 0 saturated carbocycles. The molecule has 0 spiro atoms. The smallest absolute Gasteiger partial charge is 0.137 e. The number of aromatic nitrogens is 4. The molecule has 0 aromatic carbocycles. The number of nitrogens with zero attached hydrogens (tertiary/aromatic N) is 5. The maximum absolute atomic E-state index is 4.60. The Morgan fingerprint density at radius 3 is 2.96 bits per heavy atom. The number of rotatable bonds is 4. The van der Waals surface area contributed by atoms with Crippen molar-refractivity contribution >= 4 is 17.2 Å². The zero-order chi connectivity index (χ0) is 16.7. The second-order valence-electron chi connectivity index (χ2n) is 6.91. The van der Waals surface area contributed by atoms with Gasteiger partial charge in [-0.3, -0.25) is 9.69 Å². The topological polar surface area (TPSA) is 62.1 Å². The van der Waals surface area contributed by atoms with Gasteiger partial charge >= 0.3 is 0 Å². The Balaban J connectivity index is 1.65. The Morgan fingerprint density at radius 2 is 2.21 bits per heavy atom. The lowest BCUT2D eigenvalue weighted by Crippen LogP contribution is -2.22. The van der Waals surface area contributed by atoms with Crippen LogP contribution >= 0.6 is 0 Å². The van der Waals surface area contributed by atoms with E-state index in [1.54, 1.807) is 0 Å². The molecule has 6 heteroatoms. The predicted molar refractivity (Wildman–Crippen MR) is 95.9 cm³/mol. The van der Waals surface area contributed by atoms with Crippen molar-refractivity contribution in [2.24, 2.45) is 18.1 Å². The molecule has 1 unspecified atom stereocenters. The molecule has 4 heterocycles. The number of H-pyrrole nitrogens is 1. The Kier molecular flexibility index (Phi) is 3.59. The summed E-state index contributed by atoms with van der Waals surface area (Å²) in [6.07, 6.45) is 9.92. The van der Waals surface area contributed by atoms with E-state index in [1.807, 2.05) is 42.7 Å². The Bertz CT molecular complexity index is 888. The van der Waals surface area contributed by atoms with Gasteiger partial charge in [0, 0.05) is 67.4 Å². The first-order valence-electron chi connectivity index (χ1n) is 8.35. The number of hydrazone groups is 1. The molecule has 0 radical (unpaired) electrons. The zero-order valence-corrected chi connectivity index (χ0v) is 14.3. The third-order valence-corrected chi connectivity index (χ3v) is 4.39. The van der Waals surface area contributed by atoms with Crippen LogP contribution in [0.25, 0.3) is 22.2 Å². The summed E-state index contributed by atoms with van der Waals surface area (Å²) in [5.74, 6) is 0.917. The lowest BCUT2D eigenvalue weighted by Gasteiger charge is -2.18. The van der Waals surface area contributed by atoms with Crippen LogP contribution in [-0.4, -0.2) is 44.1 Å². The number of hydrogen-bond acceptors (Lipinski definition) is 4. The minimum Gasteiger partial charge on any atom is -0.346 e. The van der Waals surface area contributed by atoms with Crippen molar-refractivity contribution in [2.75, 3.05) is 13.1 Å². The maximum atomic E-state index is 4.60. The lowest BCUT2D eigenvalue weighted by molar-refractivity contribution is 0.274. The monoisotopic (exact) mass is 322 g/mol. The first kappa shape index (κ1) is 14.9. The fourth-order valence-electron chi connectivity index (χ4n) is 3.25. The van der Waals surface area contributed by atoms with Crippen LogP contribution in [0.2, 0.25) is 0 Å². The van der Waals surface area contributed by atoms with Gasteiger partial charge in [0.2, 0.25) is 0 Å². The van der Waals surface area contributed by atoms with Gasteiger partial charge in [-0.2, -0.15) is 10.2 Å². The molecule has 0 aliphatic carbocycles. The van der Waals surface area contributed by atoms with Gasteiger partial charge in [-0.1, -0.05) is 13.8 Å². The van der Waals surface area contributed by atoms with E-state index in [1.165, 1.54) is 5.56 Å². The molecule has 3 aromatic rings. The molecule has 124 valence electrons. The van der Waals surface area contributed by atoms with Crippen LogP contribution in [0.15, 0.2) is 36.0 Å². The van der Waals surface area contributed by atoms with Gasteiger partial charge in [0.05, 0.1) is 6.20 Å². The largest absolute Gasteiger partial charge is 0.346 e. The van der Waals surface area contributed by atoms with Crippen LogP contribution in [0, 0.1) is 5.92 Å². The summed E-state index contributed by atoms with van der Waals surface area (Å²) in [6.45, 7) is 6.36. The molecule has 0 amide bonds. The van der Waals surface area contributed by atoms with Crippen LogP contribution in [0.4, 0.5) is 0 Å². The van der Waals surface area contributed by atoms with Gasteiger partial charge < -0.3 is 4.98 Å². The number of hydrogen-bond donors (Lipinski definition) is 1. The van der Waals surface area contributed by atoms with Crippen molar-refractivity contribution < 1.29 is 0 Å². The van der Waals surface area contributed by atoms with Gasteiger partial charge in [0.15, 0.2) is 0 Å². The summed E-state index contributed by atoms with van der Waals surface area (Å²) < 4.78 is 1.82. The molecule has 24 heavy (non-hydrogen) atoms. The summed E-state index contributed by atoms with van der Waals surface area (Å²) in [4.78, 5) is 7.86. The van der Waals surface area contributed by atoms with E-state index in [9.17, 15) is 0 Å². The number of aromatic amines is 1. The van der Waals surface area contributed by atoms with Gasteiger partial charge in [-0.05, 0) is 17.5 Å². The predicted octanol–water partition coefficient (Wildman–Crippen LogP) is 3.00. The molecule has 6 nitrogen and oxygen atoms in total. The summed E-state index contributed by atoms with van der Waals surface area (Å²) in [6, 6.07) is 2.23. The fraction of sp³-hybridized carbons (Fsp3) is 0.389. The third-order valence-electron chi connectivity index (χ3n) is 4.39. The molecule has 1 aliphatic rings. The maximum Gasteiger partial charge on any atom is 0.137 e.